The van der Waals surface area contributed by atoms with Crippen LogP contribution in [-0.2, 0) is 4.79 Å². The van der Waals surface area contributed by atoms with E-state index in [-0.39, 0.29) is 5.91 Å². The van der Waals surface area contributed by atoms with Crippen molar-refractivity contribution in [2.45, 2.75) is 32.2 Å². The van der Waals surface area contributed by atoms with Crippen LogP contribution in [0.2, 0.25) is 0 Å². The summed E-state index contributed by atoms with van der Waals surface area (Å²) in [6.07, 6.45) is 3.62. The van der Waals surface area contributed by atoms with Crippen molar-refractivity contribution in [3.05, 3.63) is 0 Å². The van der Waals surface area contributed by atoms with Crippen molar-refractivity contribution in [2.24, 2.45) is 5.92 Å². The number of nitriles is 1. The van der Waals surface area contributed by atoms with Crippen LogP contribution < -0.4 is 5.32 Å². The minimum absolute atomic E-state index is 0.156. The minimum Gasteiger partial charge on any atom is -0.353 e. The van der Waals surface area contributed by atoms with Crippen molar-refractivity contribution in [3.63, 3.8) is 0 Å². The number of piperidine rings is 1. The van der Waals surface area contributed by atoms with Gasteiger partial charge in [-0.3, -0.25) is 4.79 Å². The van der Waals surface area contributed by atoms with Crippen molar-refractivity contribution < 1.29 is 4.79 Å². The monoisotopic (exact) mass is 209 g/mol. The first kappa shape index (κ1) is 12.0. The van der Waals surface area contributed by atoms with Gasteiger partial charge < -0.3 is 10.2 Å². The Morgan fingerprint density at radius 3 is 3.00 bits per heavy atom. The fraction of sp³-hybridized carbons (Fsp3) is 0.818. The first-order valence-electron chi connectivity index (χ1n) is 5.52. The van der Waals surface area contributed by atoms with E-state index < -0.39 is 5.92 Å². The molecule has 1 aliphatic heterocycles. The summed E-state index contributed by atoms with van der Waals surface area (Å²) in [7, 11) is 2.09. The Balaban J connectivity index is 2.30. The number of hydrogen-bond acceptors (Lipinski definition) is 3. The van der Waals surface area contributed by atoms with E-state index in [1.165, 1.54) is 12.8 Å². The fourth-order valence-electron chi connectivity index (χ4n) is 1.83. The van der Waals surface area contributed by atoms with E-state index in [2.05, 4.69) is 17.3 Å². The van der Waals surface area contributed by atoms with Gasteiger partial charge >= 0.3 is 0 Å². The smallest absolute Gasteiger partial charge is 0.237 e. The Labute approximate surface area is 91.2 Å². The van der Waals surface area contributed by atoms with Gasteiger partial charge in [-0.05, 0) is 33.4 Å². The summed E-state index contributed by atoms with van der Waals surface area (Å²) in [6.45, 7) is 3.40. The molecule has 0 aliphatic carbocycles. The van der Waals surface area contributed by atoms with Gasteiger partial charge in [0.25, 0.3) is 0 Å². The maximum absolute atomic E-state index is 11.4. The van der Waals surface area contributed by atoms with Gasteiger partial charge in [0, 0.05) is 12.6 Å². The average molecular weight is 209 g/mol. The number of nitrogens with zero attached hydrogens (tertiary/aromatic N) is 2. The summed E-state index contributed by atoms with van der Waals surface area (Å²) in [6, 6.07) is 2.38. The number of carbonyl (C=O) groups excluding carboxylic acids is 1. The Morgan fingerprint density at radius 2 is 2.40 bits per heavy atom. The zero-order chi connectivity index (χ0) is 11.3. The van der Waals surface area contributed by atoms with E-state index in [4.69, 9.17) is 5.26 Å². The molecule has 1 N–H and O–H groups in total. The van der Waals surface area contributed by atoms with Crippen molar-refractivity contribution in [1.82, 2.24) is 10.2 Å². The first-order valence-corrected chi connectivity index (χ1v) is 5.52. The lowest BCUT2D eigenvalue weighted by molar-refractivity contribution is -0.123. The standard InChI is InChI=1S/C11H19N3O/c1-9(7-12)11(15)13-8-10-5-3-4-6-14(10)2/h9-10H,3-6,8H2,1-2H3,(H,13,15). The van der Waals surface area contributed by atoms with Crippen LogP contribution in [0.25, 0.3) is 0 Å². The molecule has 1 amide bonds. The van der Waals surface area contributed by atoms with Crippen molar-refractivity contribution >= 4 is 5.91 Å². The molecule has 0 radical (unpaired) electrons. The second-order valence-electron chi connectivity index (χ2n) is 4.23. The molecule has 4 nitrogen and oxygen atoms in total. The molecule has 0 aromatic heterocycles. The minimum atomic E-state index is -0.543. The molecule has 84 valence electrons. The van der Waals surface area contributed by atoms with Gasteiger partial charge in [0.05, 0.1) is 6.07 Å². The third-order valence-corrected chi connectivity index (χ3v) is 3.02. The molecular formula is C11H19N3O. The number of nitrogens with one attached hydrogen (secondary N) is 1. The molecule has 0 aromatic rings. The molecule has 15 heavy (non-hydrogen) atoms. The van der Waals surface area contributed by atoms with E-state index in [9.17, 15) is 4.79 Å². The van der Waals surface area contributed by atoms with E-state index in [1.54, 1.807) is 6.92 Å². The molecule has 0 bridgehead atoms. The summed E-state index contributed by atoms with van der Waals surface area (Å²) in [5.74, 6) is -0.699. The Hall–Kier alpha value is -1.08. The second-order valence-corrected chi connectivity index (χ2v) is 4.23. The molecule has 1 rings (SSSR count). The van der Waals surface area contributed by atoms with Crippen LogP contribution in [0.4, 0.5) is 0 Å². The van der Waals surface area contributed by atoms with Gasteiger partial charge in [0.1, 0.15) is 5.92 Å². The number of hydrogen-bond donors (Lipinski definition) is 1. The fourth-order valence-corrected chi connectivity index (χ4v) is 1.83. The Bertz CT molecular complexity index is 259. The van der Waals surface area contributed by atoms with Gasteiger partial charge in [0.15, 0.2) is 0 Å². The van der Waals surface area contributed by atoms with Crippen LogP contribution in [-0.4, -0.2) is 37.0 Å². The highest BCUT2D eigenvalue weighted by Gasteiger charge is 2.20. The van der Waals surface area contributed by atoms with E-state index in [1.807, 2.05) is 6.07 Å². The van der Waals surface area contributed by atoms with Crippen molar-refractivity contribution in [1.29, 1.82) is 5.26 Å². The lowest BCUT2D eigenvalue weighted by Crippen LogP contribution is -2.45. The SMILES string of the molecule is CC(C#N)C(=O)NCC1CCCCN1C. The second kappa shape index (κ2) is 5.72. The molecule has 1 saturated heterocycles. The lowest BCUT2D eigenvalue weighted by Gasteiger charge is -2.32. The largest absolute Gasteiger partial charge is 0.353 e. The van der Waals surface area contributed by atoms with Gasteiger partial charge in [-0.1, -0.05) is 6.42 Å². The summed E-state index contributed by atoms with van der Waals surface area (Å²) in [4.78, 5) is 13.6. The molecule has 0 aromatic carbocycles. The number of likely N-dealkylation sites (tertiary alicyclic amines) is 1. The van der Waals surface area contributed by atoms with E-state index in [0.717, 1.165) is 13.0 Å². The third kappa shape index (κ3) is 3.52. The van der Waals surface area contributed by atoms with Crippen LogP contribution in [0.1, 0.15) is 26.2 Å². The predicted molar refractivity (Wildman–Crippen MR) is 58.1 cm³/mol. The zero-order valence-electron chi connectivity index (χ0n) is 9.49. The third-order valence-electron chi connectivity index (χ3n) is 3.02. The van der Waals surface area contributed by atoms with Crippen LogP contribution in [0.15, 0.2) is 0 Å². The molecule has 4 heteroatoms. The Kier molecular flexibility index (Phi) is 4.57. The average Bonchev–Trinajstić information content (AvgIpc) is 2.26. The van der Waals surface area contributed by atoms with Gasteiger partial charge in [-0.15, -0.1) is 0 Å². The highest BCUT2D eigenvalue weighted by molar-refractivity contribution is 5.80. The quantitative estimate of drug-likeness (QED) is 0.746. The van der Waals surface area contributed by atoms with Crippen LogP contribution in [0, 0.1) is 17.2 Å². The molecule has 0 spiro atoms. The van der Waals surface area contributed by atoms with Crippen LogP contribution in [0.3, 0.4) is 0 Å². The summed E-state index contributed by atoms with van der Waals surface area (Å²) in [5, 5.41) is 11.4. The summed E-state index contributed by atoms with van der Waals surface area (Å²) >= 11 is 0. The first-order chi connectivity index (χ1) is 7.15. The maximum Gasteiger partial charge on any atom is 0.237 e. The van der Waals surface area contributed by atoms with Crippen molar-refractivity contribution in [2.75, 3.05) is 20.1 Å². The highest BCUT2D eigenvalue weighted by Crippen LogP contribution is 2.13. The van der Waals surface area contributed by atoms with Crippen LogP contribution in [0.5, 0.6) is 0 Å². The number of rotatable bonds is 3. The van der Waals surface area contributed by atoms with Gasteiger partial charge in [0.2, 0.25) is 5.91 Å². The Morgan fingerprint density at radius 1 is 1.67 bits per heavy atom. The normalized spacial score (nSPS) is 24.2. The van der Waals surface area contributed by atoms with Gasteiger partial charge in [-0.2, -0.15) is 5.26 Å². The number of amides is 1. The highest BCUT2D eigenvalue weighted by atomic mass is 16.1. The molecular weight excluding hydrogens is 190 g/mol. The summed E-state index contributed by atoms with van der Waals surface area (Å²) in [5.41, 5.74) is 0. The maximum atomic E-state index is 11.4. The predicted octanol–water partition coefficient (Wildman–Crippen LogP) is 0.747. The summed E-state index contributed by atoms with van der Waals surface area (Å²) < 4.78 is 0. The van der Waals surface area contributed by atoms with Gasteiger partial charge in [-0.25, -0.2) is 0 Å². The van der Waals surface area contributed by atoms with Crippen LogP contribution >= 0.6 is 0 Å². The number of likely N-dealkylation sites (N-methyl/N-ethyl adjacent to an activating group) is 1. The topological polar surface area (TPSA) is 56.1 Å². The molecule has 0 saturated carbocycles. The zero-order valence-corrected chi connectivity index (χ0v) is 9.49. The molecule has 1 aliphatic rings. The number of carbonyl (C=O) groups is 1. The van der Waals surface area contributed by atoms with E-state index >= 15 is 0 Å². The molecule has 1 heterocycles. The van der Waals surface area contributed by atoms with E-state index in [0.29, 0.717) is 12.6 Å². The molecule has 1 fully saturated rings. The van der Waals surface area contributed by atoms with Crippen molar-refractivity contribution in [3.8, 4) is 6.07 Å². The lowest BCUT2D eigenvalue weighted by atomic mass is 10.0. The molecule has 2 unspecified atom stereocenters. The molecule has 2 atom stereocenters.